The number of carbonyl (C=O) groups excluding carboxylic acids is 2. The fraction of sp³-hybridized carbons (Fsp3) is 0.667. The van der Waals surface area contributed by atoms with E-state index in [9.17, 15) is 14.4 Å². The van der Waals surface area contributed by atoms with Gasteiger partial charge in [0.25, 0.3) is 0 Å². The summed E-state index contributed by atoms with van der Waals surface area (Å²) in [5, 5.41) is 11.5. The predicted octanol–water partition coefficient (Wildman–Crippen LogP) is -1.05. The molecule has 2 N–H and O–H groups in total. The molecule has 0 bridgehead atoms. The highest BCUT2D eigenvalue weighted by molar-refractivity contribution is 5.99. The van der Waals surface area contributed by atoms with Gasteiger partial charge in [-0.05, 0) is 19.8 Å². The zero-order chi connectivity index (χ0) is 11.2. The largest absolute Gasteiger partial charge is 0.480 e. The Kier molecular flexibility index (Phi) is 2.13. The molecular weight excluding hydrogens is 200 g/mol. The second-order valence-electron chi connectivity index (χ2n) is 3.92. The van der Waals surface area contributed by atoms with E-state index in [0.717, 1.165) is 0 Å². The molecule has 2 aliphatic heterocycles. The fourth-order valence-corrected chi connectivity index (χ4v) is 2.21. The Morgan fingerprint density at radius 1 is 1.47 bits per heavy atom. The van der Waals surface area contributed by atoms with Gasteiger partial charge in [-0.2, -0.15) is 0 Å². The lowest BCUT2D eigenvalue weighted by Crippen LogP contribution is -2.62. The summed E-state index contributed by atoms with van der Waals surface area (Å²) in [6.45, 7) is 1.56. The minimum Gasteiger partial charge on any atom is -0.480 e. The first-order valence-corrected chi connectivity index (χ1v) is 4.87. The number of carboxylic acid groups (broad SMARTS) is 1. The van der Waals surface area contributed by atoms with E-state index in [1.54, 1.807) is 6.92 Å². The Bertz CT molecular complexity index is 335. The zero-order valence-electron chi connectivity index (χ0n) is 8.27. The number of carboxylic acids is 1. The first-order valence-electron chi connectivity index (χ1n) is 4.87. The molecule has 0 aromatic rings. The van der Waals surface area contributed by atoms with Crippen molar-refractivity contribution in [1.82, 2.24) is 10.2 Å². The Hall–Kier alpha value is -1.59. The number of nitrogens with one attached hydrogen (secondary N) is 1. The van der Waals surface area contributed by atoms with Crippen molar-refractivity contribution in [2.45, 2.75) is 37.9 Å². The fourth-order valence-electron chi connectivity index (χ4n) is 2.21. The molecule has 0 spiro atoms. The normalized spacial score (nSPS) is 35.0. The third-order valence-corrected chi connectivity index (χ3v) is 2.96. The van der Waals surface area contributed by atoms with Crippen LogP contribution < -0.4 is 5.32 Å². The molecule has 2 aliphatic rings. The number of amides is 2. The molecule has 6 heteroatoms. The van der Waals surface area contributed by atoms with Crippen molar-refractivity contribution in [2.75, 3.05) is 0 Å². The van der Waals surface area contributed by atoms with Crippen LogP contribution in [0.3, 0.4) is 0 Å². The van der Waals surface area contributed by atoms with E-state index in [0.29, 0.717) is 12.8 Å². The van der Waals surface area contributed by atoms with Crippen LogP contribution in [0, 0.1) is 0 Å². The van der Waals surface area contributed by atoms with E-state index < -0.39 is 24.1 Å². The molecule has 2 fully saturated rings. The molecule has 2 unspecified atom stereocenters. The van der Waals surface area contributed by atoms with Gasteiger partial charge in [-0.3, -0.25) is 9.59 Å². The Labute approximate surface area is 86.2 Å². The van der Waals surface area contributed by atoms with E-state index in [4.69, 9.17) is 5.11 Å². The number of piperazine rings is 1. The summed E-state index contributed by atoms with van der Waals surface area (Å²) in [6.07, 6.45) is 0.785. The maximum Gasteiger partial charge on any atom is 0.326 e. The van der Waals surface area contributed by atoms with Crippen LogP contribution in [0.2, 0.25) is 0 Å². The highest BCUT2D eigenvalue weighted by atomic mass is 16.4. The standard InChI is InChI=1S/C9H12N2O4/c1-4-8(13)11-5(7(12)10-4)2-3-6(11)9(14)15/h4-6H,2-3H2,1H3,(H,10,12)(H,14,15)/t4-,5?,6?/m0/s1. The van der Waals surface area contributed by atoms with Crippen LogP contribution in [-0.4, -0.2) is 45.9 Å². The van der Waals surface area contributed by atoms with Crippen molar-refractivity contribution in [3.8, 4) is 0 Å². The monoisotopic (exact) mass is 212 g/mol. The predicted molar refractivity (Wildman–Crippen MR) is 48.9 cm³/mol. The average Bonchev–Trinajstić information content (AvgIpc) is 2.58. The van der Waals surface area contributed by atoms with E-state index in [1.165, 1.54) is 4.90 Å². The second-order valence-corrected chi connectivity index (χ2v) is 3.92. The first-order chi connectivity index (χ1) is 7.02. The second kappa shape index (κ2) is 3.22. The molecule has 15 heavy (non-hydrogen) atoms. The summed E-state index contributed by atoms with van der Waals surface area (Å²) in [5.41, 5.74) is 0. The van der Waals surface area contributed by atoms with Gasteiger partial charge in [0.2, 0.25) is 11.8 Å². The summed E-state index contributed by atoms with van der Waals surface area (Å²) in [6, 6.07) is -2.04. The summed E-state index contributed by atoms with van der Waals surface area (Å²) in [7, 11) is 0. The molecule has 0 aromatic heterocycles. The minimum atomic E-state index is -1.03. The topological polar surface area (TPSA) is 86.7 Å². The molecule has 0 saturated carbocycles. The lowest BCUT2D eigenvalue weighted by molar-refractivity contribution is -0.155. The summed E-state index contributed by atoms with van der Waals surface area (Å²) >= 11 is 0. The summed E-state index contributed by atoms with van der Waals surface area (Å²) in [5.74, 6) is -1.58. The van der Waals surface area contributed by atoms with Crippen LogP contribution >= 0.6 is 0 Å². The van der Waals surface area contributed by atoms with Gasteiger partial charge in [-0.1, -0.05) is 0 Å². The highest BCUT2D eigenvalue weighted by Gasteiger charge is 2.48. The molecule has 6 nitrogen and oxygen atoms in total. The van der Waals surface area contributed by atoms with Crippen LogP contribution in [0.4, 0.5) is 0 Å². The molecule has 2 saturated heterocycles. The lowest BCUT2D eigenvalue weighted by atomic mass is 10.1. The van der Waals surface area contributed by atoms with E-state index in [2.05, 4.69) is 5.32 Å². The van der Waals surface area contributed by atoms with Gasteiger partial charge < -0.3 is 15.3 Å². The molecule has 0 aliphatic carbocycles. The van der Waals surface area contributed by atoms with Gasteiger partial charge in [0, 0.05) is 0 Å². The number of rotatable bonds is 1. The molecule has 2 rings (SSSR count). The molecular formula is C9H12N2O4. The van der Waals surface area contributed by atoms with Crippen molar-refractivity contribution in [3.05, 3.63) is 0 Å². The maximum absolute atomic E-state index is 11.7. The number of fused-ring (bicyclic) bond motifs is 1. The van der Waals surface area contributed by atoms with Crippen molar-refractivity contribution in [1.29, 1.82) is 0 Å². The Morgan fingerprint density at radius 2 is 2.13 bits per heavy atom. The van der Waals surface area contributed by atoms with E-state index in [1.807, 2.05) is 0 Å². The van der Waals surface area contributed by atoms with Gasteiger partial charge in [-0.25, -0.2) is 4.79 Å². The van der Waals surface area contributed by atoms with Gasteiger partial charge in [0.1, 0.15) is 18.1 Å². The molecule has 2 heterocycles. The highest BCUT2D eigenvalue weighted by Crippen LogP contribution is 2.27. The van der Waals surface area contributed by atoms with Crippen molar-refractivity contribution < 1.29 is 19.5 Å². The SMILES string of the molecule is C[C@@H]1NC(=O)C2CCC(C(=O)O)N2C1=O. The van der Waals surface area contributed by atoms with Gasteiger partial charge in [0.05, 0.1) is 0 Å². The molecule has 2 amide bonds. The Morgan fingerprint density at radius 3 is 2.73 bits per heavy atom. The minimum absolute atomic E-state index is 0.245. The number of hydrogen-bond acceptors (Lipinski definition) is 3. The smallest absolute Gasteiger partial charge is 0.326 e. The number of nitrogens with zero attached hydrogens (tertiary/aromatic N) is 1. The summed E-state index contributed by atoms with van der Waals surface area (Å²) < 4.78 is 0. The molecule has 3 atom stereocenters. The van der Waals surface area contributed by atoms with E-state index >= 15 is 0 Å². The molecule has 82 valence electrons. The van der Waals surface area contributed by atoms with Crippen LogP contribution in [0.5, 0.6) is 0 Å². The lowest BCUT2D eigenvalue weighted by Gasteiger charge is -2.35. The maximum atomic E-state index is 11.7. The Balaban J connectivity index is 2.30. The number of carbonyl (C=O) groups is 3. The quantitative estimate of drug-likeness (QED) is 0.580. The van der Waals surface area contributed by atoms with Gasteiger partial charge in [0.15, 0.2) is 0 Å². The average molecular weight is 212 g/mol. The zero-order valence-corrected chi connectivity index (χ0v) is 8.27. The van der Waals surface area contributed by atoms with Gasteiger partial charge in [-0.15, -0.1) is 0 Å². The van der Waals surface area contributed by atoms with Crippen LogP contribution in [0.25, 0.3) is 0 Å². The number of aliphatic carboxylic acids is 1. The van der Waals surface area contributed by atoms with Gasteiger partial charge >= 0.3 is 5.97 Å². The number of hydrogen-bond donors (Lipinski definition) is 2. The molecule has 0 radical (unpaired) electrons. The first kappa shape index (κ1) is 9.95. The van der Waals surface area contributed by atoms with Crippen LogP contribution in [0.15, 0.2) is 0 Å². The van der Waals surface area contributed by atoms with Crippen LogP contribution in [0.1, 0.15) is 19.8 Å². The van der Waals surface area contributed by atoms with Crippen molar-refractivity contribution >= 4 is 17.8 Å². The van der Waals surface area contributed by atoms with Crippen molar-refractivity contribution in [2.24, 2.45) is 0 Å². The third kappa shape index (κ3) is 1.36. The summed E-state index contributed by atoms with van der Waals surface area (Å²) in [4.78, 5) is 35.3. The van der Waals surface area contributed by atoms with Crippen molar-refractivity contribution in [3.63, 3.8) is 0 Å². The molecule has 0 aromatic carbocycles. The third-order valence-electron chi connectivity index (χ3n) is 2.96. The van der Waals surface area contributed by atoms with E-state index in [-0.39, 0.29) is 11.8 Å². The van der Waals surface area contributed by atoms with Crippen LogP contribution in [-0.2, 0) is 14.4 Å².